The summed E-state index contributed by atoms with van der Waals surface area (Å²) >= 11 is 0. The second kappa shape index (κ2) is 6.86. The molecule has 5 heteroatoms. The number of carbonyl (C=O) groups is 2. The van der Waals surface area contributed by atoms with Crippen LogP contribution in [0.1, 0.15) is 37.8 Å². The molecule has 3 heterocycles. The highest BCUT2D eigenvalue weighted by atomic mass is 16.7. The van der Waals surface area contributed by atoms with Crippen molar-refractivity contribution in [3.05, 3.63) is 65.7 Å². The first-order chi connectivity index (χ1) is 14.4. The van der Waals surface area contributed by atoms with Crippen molar-refractivity contribution in [2.45, 2.75) is 51.4 Å². The minimum absolute atomic E-state index is 0.258. The van der Waals surface area contributed by atoms with Crippen molar-refractivity contribution in [2.75, 3.05) is 11.4 Å². The van der Waals surface area contributed by atoms with Gasteiger partial charge in [-0.15, -0.1) is 0 Å². The van der Waals surface area contributed by atoms with E-state index in [1.165, 1.54) is 5.56 Å². The smallest absolute Gasteiger partial charge is 0.329 e. The molecular weight excluding hydrogens is 378 g/mol. The van der Waals surface area contributed by atoms with Crippen LogP contribution >= 0.6 is 0 Å². The van der Waals surface area contributed by atoms with Gasteiger partial charge in [-0.25, -0.2) is 0 Å². The Bertz CT molecular complexity index is 964. The minimum Gasteiger partial charge on any atom is -0.422 e. The predicted molar refractivity (Wildman–Crippen MR) is 113 cm³/mol. The summed E-state index contributed by atoms with van der Waals surface area (Å²) in [6, 6.07) is 18.2. The van der Waals surface area contributed by atoms with Gasteiger partial charge in [0.25, 0.3) is 5.79 Å². The molecule has 156 valence electrons. The van der Waals surface area contributed by atoms with Gasteiger partial charge in [-0.3, -0.25) is 9.59 Å². The normalized spacial score (nSPS) is 26.4. The van der Waals surface area contributed by atoms with Crippen LogP contribution in [0.5, 0.6) is 0 Å². The van der Waals surface area contributed by atoms with Crippen LogP contribution in [0.25, 0.3) is 0 Å². The minimum atomic E-state index is -1.31. The largest absolute Gasteiger partial charge is 0.422 e. The molecule has 2 aromatic carbocycles. The number of ether oxygens (including phenoxy) is 2. The highest BCUT2D eigenvalue weighted by molar-refractivity contribution is 6.04. The molecule has 3 aliphatic rings. The second-order valence-electron chi connectivity index (χ2n) is 9.25. The first-order valence-electron chi connectivity index (χ1n) is 10.7. The summed E-state index contributed by atoms with van der Waals surface area (Å²) < 4.78 is 11.3. The molecule has 0 aliphatic carbocycles. The monoisotopic (exact) mass is 405 g/mol. The Balaban J connectivity index is 1.53. The van der Waals surface area contributed by atoms with E-state index < -0.39 is 23.1 Å². The fourth-order valence-electron chi connectivity index (χ4n) is 5.43. The zero-order chi connectivity index (χ0) is 20.9. The molecule has 2 saturated heterocycles. The third kappa shape index (κ3) is 2.99. The number of benzene rings is 2. The molecule has 5 nitrogen and oxygen atoms in total. The summed E-state index contributed by atoms with van der Waals surface area (Å²) in [5, 5.41) is 0. The van der Waals surface area contributed by atoms with Crippen molar-refractivity contribution < 1.29 is 19.1 Å². The predicted octanol–water partition coefficient (Wildman–Crippen LogP) is 3.89. The standard InChI is InChI=1S/C25H27NO4/c1-24(2)29-22(27)25(23(28)30-24)16-19-10-6-7-11-20(19)26-13-12-18(15-21(25)26)14-17-8-4-3-5-9-17/h3-11,18,21H,12-16H2,1-2H3/t18-,21-/m0/s1. The lowest BCUT2D eigenvalue weighted by Crippen LogP contribution is -2.67. The lowest BCUT2D eigenvalue weighted by atomic mass is 9.65. The average molecular weight is 405 g/mol. The Morgan fingerprint density at radius 3 is 2.37 bits per heavy atom. The molecule has 2 atom stereocenters. The number of anilines is 1. The number of nitrogens with zero attached hydrogens (tertiary/aromatic N) is 1. The van der Waals surface area contributed by atoms with Crippen molar-refractivity contribution in [3.8, 4) is 0 Å². The number of hydrogen-bond donors (Lipinski definition) is 0. The molecule has 0 saturated carbocycles. The maximum atomic E-state index is 13.4. The van der Waals surface area contributed by atoms with Crippen LogP contribution in [0, 0.1) is 11.3 Å². The van der Waals surface area contributed by atoms with Gasteiger partial charge in [0.1, 0.15) is 0 Å². The fourth-order valence-corrected chi connectivity index (χ4v) is 5.43. The van der Waals surface area contributed by atoms with Crippen molar-refractivity contribution in [2.24, 2.45) is 11.3 Å². The van der Waals surface area contributed by atoms with Crippen LogP contribution in [0.3, 0.4) is 0 Å². The van der Waals surface area contributed by atoms with Crippen molar-refractivity contribution in [3.63, 3.8) is 0 Å². The van der Waals surface area contributed by atoms with Gasteiger partial charge < -0.3 is 14.4 Å². The third-order valence-electron chi connectivity index (χ3n) is 6.82. The Morgan fingerprint density at radius 2 is 1.63 bits per heavy atom. The van der Waals surface area contributed by atoms with Gasteiger partial charge in [0.05, 0.1) is 6.04 Å². The first-order valence-corrected chi connectivity index (χ1v) is 10.7. The molecule has 2 aromatic rings. The van der Waals surface area contributed by atoms with E-state index >= 15 is 0 Å². The van der Waals surface area contributed by atoms with Gasteiger partial charge in [-0.2, -0.15) is 0 Å². The summed E-state index contributed by atoms with van der Waals surface area (Å²) in [7, 11) is 0. The molecule has 0 bridgehead atoms. The Labute approximate surface area is 177 Å². The van der Waals surface area contributed by atoms with E-state index in [1.54, 1.807) is 13.8 Å². The summed E-state index contributed by atoms with van der Waals surface area (Å²) in [4.78, 5) is 29.0. The van der Waals surface area contributed by atoms with Crippen LogP contribution in [0.4, 0.5) is 5.69 Å². The molecule has 30 heavy (non-hydrogen) atoms. The maximum absolute atomic E-state index is 13.4. The molecule has 0 unspecified atom stereocenters. The number of para-hydroxylation sites is 1. The zero-order valence-corrected chi connectivity index (χ0v) is 17.5. The van der Waals surface area contributed by atoms with Crippen molar-refractivity contribution in [1.29, 1.82) is 0 Å². The molecule has 0 N–H and O–H groups in total. The van der Waals surface area contributed by atoms with E-state index in [-0.39, 0.29) is 6.04 Å². The van der Waals surface area contributed by atoms with Crippen molar-refractivity contribution >= 4 is 17.6 Å². The van der Waals surface area contributed by atoms with Gasteiger partial charge in [-0.1, -0.05) is 48.5 Å². The highest BCUT2D eigenvalue weighted by Crippen LogP contribution is 2.50. The second-order valence-corrected chi connectivity index (χ2v) is 9.25. The number of hydrogen-bond acceptors (Lipinski definition) is 5. The third-order valence-corrected chi connectivity index (χ3v) is 6.82. The first kappa shape index (κ1) is 19.2. The zero-order valence-electron chi connectivity index (χ0n) is 17.5. The molecule has 1 spiro atoms. The van der Waals surface area contributed by atoms with E-state index in [4.69, 9.17) is 9.47 Å². The lowest BCUT2D eigenvalue weighted by Gasteiger charge is -2.54. The molecule has 2 fully saturated rings. The molecule has 0 radical (unpaired) electrons. The van der Waals surface area contributed by atoms with E-state index in [0.717, 1.165) is 37.1 Å². The molecular formula is C25H27NO4. The topological polar surface area (TPSA) is 55.8 Å². The van der Waals surface area contributed by atoms with Gasteiger partial charge in [-0.05, 0) is 42.4 Å². The Morgan fingerprint density at radius 1 is 0.967 bits per heavy atom. The number of carbonyl (C=O) groups excluding carboxylic acids is 2. The van der Waals surface area contributed by atoms with Crippen LogP contribution < -0.4 is 4.90 Å². The van der Waals surface area contributed by atoms with Crippen LogP contribution in [-0.4, -0.2) is 30.3 Å². The number of esters is 2. The Kier molecular flexibility index (Phi) is 4.38. The molecule has 0 amide bonds. The van der Waals surface area contributed by atoms with Gasteiger partial charge in [0, 0.05) is 32.5 Å². The molecule has 5 rings (SSSR count). The quantitative estimate of drug-likeness (QED) is 0.560. The SMILES string of the molecule is CC1(C)OC(=O)C2(Cc3ccccc3N3CC[C@@H](Cc4ccccc4)C[C@H]32)C(=O)O1. The van der Waals surface area contributed by atoms with E-state index in [1.807, 2.05) is 24.3 Å². The Hall–Kier alpha value is -2.82. The number of rotatable bonds is 2. The van der Waals surface area contributed by atoms with E-state index in [9.17, 15) is 9.59 Å². The lowest BCUT2D eigenvalue weighted by molar-refractivity contribution is -0.253. The molecule has 3 aliphatic heterocycles. The van der Waals surface area contributed by atoms with Crippen molar-refractivity contribution in [1.82, 2.24) is 0 Å². The maximum Gasteiger partial charge on any atom is 0.329 e. The van der Waals surface area contributed by atoms with E-state index in [2.05, 4.69) is 35.2 Å². The number of cyclic esters (lactones) is 2. The van der Waals surface area contributed by atoms with Gasteiger partial charge >= 0.3 is 11.9 Å². The van der Waals surface area contributed by atoms with Gasteiger partial charge in [0.2, 0.25) is 0 Å². The van der Waals surface area contributed by atoms with Crippen LogP contribution in [-0.2, 0) is 31.9 Å². The number of piperidine rings is 1. The summed E-state index contributed by atoms with van der Waals surface area (Å²) in [5.74, 6) is -1.73. The van der Waals surface area contributed by atoms with E-state index in [0.29, 0.717) is 12.3 Å². The fraction of sp³-hybridized carbons (Fsp3) is 0.440. The summed E-state index contributed by atoms with van der Waals surface area (Å²) in [6.45, 7) is 4.04. The molecule has 0 aromatic heterocycles. The highest BCUT2D eigenvalue weighted by Gasteiger charge is 2.64. The summed E-state index contributed by atoms with van der Waals surface area (Å²) in [6.07, 6.45) is 3.05. The van der Waals surface area contributed by atoms with Gasteiger partial charge in [0.15, 0.2) is 5.41 Å². The van der Waals surface area contributed by atoms with Crippen LogP contribution in [0.15, 0.2) is 54.6 Å². The number of fused-ring (bicyclic) bond motifs is 4. The summed E-state index contributed by atoms with van der Waals surface area (Å²) in [5.41, 5.74) is 2.11. The van der Waals surface area contributed by atoms with Crippen LogP contribution in [0.2, 0.25) is 0 Å². The average Bonchev–Trinajstić information content (AvgIpc) is 2.72.